The van der Waals surface area contributed by atoms with Gasteiger partial charge in [-0.05, 0) is 24.3 Å². The molecule has 1 amide bonds. The molecule has 2 aromatic rings. The summed E-state index contributed by atoms with van der Waals surface area (Å²) >= 11 is 0. The molecule has 0 unspecified atom stereocenters. The van der Waals surface area contributed by atoms with Crippen LogP contribution in [0.15, 0.2) is 47.1 Å². The molecule has 1 aromatic carbocycles. The Labute approximate surface area is 149 Å². The monoisotopic (exact) mass is 379 g/mol. The molecule has 9 nitrogen and oxygen atoms in total. The molecule has 26 heavy (non-hydrogen) atoms. The molecular formula is C16H17N3O6S. The molecule has 1 aliphatic rings. The first-order chi connectivity index (χ1) is 12.3. The number of carbonyl (C=O) groups excluding carboxylic acids is 1. The zero-order valence-electron chi connectivity index (χ0n) is 13.6. The zero-order valence-corrected chi connectivity index (χ0v) is 14.4. The van der Waals surface area contributed by atoms with Gasteiger partial charge in [0.25, 0.3) is 11.6 Å². The van der Waals surface area contributed by atoms with Crippen molar-refractivity contribution in [2.45, 2.75) is 18.6 Å². The van der Waals surface area contributed by atoms with E-state index < -0.39 is 32.8 Å². The van der Waals surface area contributed by atoms with Gasteiger partial charge in [0.05, 0.1) is 35.3 Å². The molecule has 1 aliphatic heterocycles. The Morgan fingerprint density at radius 1 is 1.19 bits per heavy atom. The molecular weight excluding hydrogens is 362 g/mol. The fourth-order valence-corrected chi connectivity index (χ4v) is 4.72. The highest BCUT2D eigenvalue weighted by molar-refractivity contribution is 7.91. The number of rotatable bonds is 6. The highest BCUT2D eigenvalue weighted by atomic mass is 32.2. The van der Waals surface area contributed by atoms with Crippen molar-refractivity contribution >= 4 is 21.4 Å². The van der Waals surface area contributed by atoms with Crippen LogP contribution < -0.4 is 10.6 Å². The molecule has 3 rings (SSSR count). The number of nitro benzene ring substituents is 1. The van der Waals surface area contributed by atoms with Gasteiger partial charge in [-0.25, -0.2) is 8.42 Å². The van der Waals surface area contributed by atoms with E-state index in [1.807, 2.05) is 0 Å². The van der Waals surface area contributed by atoms with Crippen LogP contribution in [0.2, 0.25) is 0 Å². The topological polar surface area (TPSA) is 132 Å². The predicted molar refractivity (Wildman–Crippen MR) is 92.3 cm³/mol. The van der Waals surface area contributed by atoms with Crippen LogP contribution in [0.25, 0.3) is 0 Å². The fraction of sp³-hybridized carbons (Fsp3) is 0.312. The Morgan fingerprint density at radius 3 is 2.50 bits per heavy atom. The predicted octanol–water partition coefficient (Wildman–Crippen LogP) is 0.873. The number of hydrogen-bond acceptors (Lipinski definition) is 7. The molecule has 2 heterocycles. The van der Waals surface area contributed by atoms with E-state index >= 15 is 0 Å². The molecule has 0 aliphatic carbocycles. The van der Waals surface area contributed by atoms with Gasteiger partial charge < -0.3 is 15.1 Å². The van der Waals surface area contributed by atoms with E-state index in [1.54, 1.807) is 12.1 Å². The number of furan rings is 1. The standard InChI is InChI=1S/C16H17N3O6S/c20-16(11-3-5-12(6-4-11)19(21)22)18-15-10-26(23,24)9-14(15)17-8-13-2-1-7-25-13/h1-7,14-15,17H,8-10H2,(H,18,20)/t14-,15+/m0/s1. The lowest BCUT2D eigenvalue weighted by atomic mass is 10.1. The Kier molecular flexibility index (Phi) is 5.05. The number of benzene rings is 1. The molecule has 1 fully saturated rings. The molecule has 0 radical (unpaired) electrons. The molecule has 1 saturated heterocycles. The minimum absolute atomic E-state index is 0.0844. The average molecular weight is 379 g/mol. The number of nitro groups is 1. The summed E-state index contributed by atoms with van der Waals surface area (Å²) in [4.78, 5) is 22.5. The first-order valence-electron chi connectivity index (χ1n) is 7.85. The van der Waals surface area contributed by atoms with E-state index in [1.165, 1.54) is 30.5 Å². The molecule has 10 heteroatoms. The summed E-state index contributed by atoms with van der Waals surface area (Å²) in [5.41, 5.74) is 0.104. The van der Waals surface area contributed by atoms with Crippen molar-refractivity contribution in [3.63, 3.8) is 0 Å². The molecule has 138 valence electrons. The van der Waals surface area contributed by atoms with Gasteiger partial charge in [-0.3, -0.25) is 14.9 Å². The molecule has 2 N–H and O–H groups in total. The Morgan fingerprint density at radius 2 is 1.88 bits per heavy atom. The van der Waals surface area contributed by atoms with Crippen molar-refractivity contribution in [3.05, 3.63) is 64.1 Å². The third kappa shape index (κ3) is 4.27. The summed E-state index contributed by atoms with van der Waals surface area (Å²) in [6, 6.07) is 7.58. The van der Waals surface area contributed by atoms with Crippen LogP contribution in [0, 0.1) is 10.1 Å². The van der Waals surface area contributed by atoms with Gasteiger partial charge in [0, 0.05) is 23.7 Å². The lowest BCUT2D eigenvalue weighted by Crippen LogP contribution is -2.48. The van der Waals surface area contributed by atoms with E-state index in [9.17, 15) is 23.3 Å². The van der Waals surface area contributed by atoms with E-state index in [-0.39, 0.29) is 22.8 Å². The summed E-state index contributed by atoms with van der Waals surface area (Å²) in [5, 5.41) is 16.5. The summed E-state index contributed by atoms with van der Waals surface area (Å²) in [5.74, 6) is -0.0676. The van der Waals surface area contributed by atoms with Crippen LogP contribution in [0.5, 0.6) is 0 Å². The summed E-state index contributed by atoms with van der Waals surface area (Å²) in [6.07, 6.45) is 1.52. The van der Waals surface area contributed by atoms with Gasteiger partial charge in [0.15, 0.2) is 9.84 Å². The average Bonchev–Trinajstić information content (AvgIpc) is 3.20. The van der Waals surface area contributed by atoms with Crippen molar-refractivity contribution in [2.24, 2.45) is 0 Å². The molecule has 1 aromatic heterocycles. The number of nitrogens with one attached hydrogen (secondary N) is 2. The highest BCUT2D eigenvalue weighted by Gasteiger charge is 2.38. The second-order valence-electron chi connectivity index (χ2n) is 6.03. The first-order valence-corrected chi connectivity index (χ1v) is 9.68. The smallest absolute Gasteiger partial charge is 0.269 e. The third-order valence-corrected chi connectivity index (χ3v) is 5.86. The SMILES string of the molecule is O=C(N[C@@H]1CS(=O)(=O)C[C@@H]1NCc1ccco1)c1ccc([N+](=O)[O-])cc1. The number of carbonyl (C=O) groups is 1. The van der Waals surface area contributed by atoms with Crippen molar-refractivity contribution < 1.29 is 22.6 Å². The van der Waals surface area contributed by atoms with Crippen molar-refractivity contribution in [3.8, 4) is 0 Å². The highest BCUT2D eigenvalue weighted by Crippen LogP contribution is 2.16. The maximum atomic E-state index is 12.3. The Bertz CT molecular complexity index is 893. The molecule has 0 bridgehead atoms. The van der Waals surface area contributed by atoms with Crippen LogP contribution in [-0.2, 0) is 16.4 Å². The van der Waals surface area contributed by atoms with E-state index in [2.05, 4.69) is 10.6 Å². The minimum Gasteiger partial charge on any atom is -0.468 e. The van der Waals surface area contributed by atoms with Gasteiger partial charge in [0.1, 0.15) is 5.76 Å². The van der Waals surface area contributed by atoms with Crippen molar-refractivity contribution in [1.29, 1.82) is 0 Å². The lowest BCUT2D eigenvalue weighted by Gasteiger charge is -2.20. The van der Waals surface area contributed by atoms with Gasteiger partial charge in [-0.15, -0.1) is 0 Å². The third-order valence-electron chi connectivity index (χ3n) is 4.13. The van der Waals surface area contributed by atoms with Crippen LogP contribution in [0.1, 0.15) is 16.1 Å². The molecule has 0 saturated carbocycles. The van der Waals surface area contributed by atoms with Crippen LogP contribution in [-0.4, -0.2) is 42.8 Å². The largest absolute Gasteiger partial charge is 0.468 e. The van der Waals surface area contributed by atoms with E-state index in [0.29, 0.717) is 12.3 Å². The van der Waals surface area contributed by atoms with E-state index in [4.69, 9.17) is 4.42 Å². The molecule has 2 atom stereocenters. The van der Waals surface area contributed by atoms with Gasteiger partial charge in [0.2, 0.25) is 0 Å². The molecule has 0 spiro atoms. The van der Waals surface area contributed by atoms with E-state index in [0.717, 1.165) is 0 Å². The fourth-order valence-electron chi connectivity index (χ4n) is 2.82. The van der Waals surface area contributed by atoms with Gasteiger partial charge in [-0.1, -0.05) is 0 Å². The van der Waals surface area contributed by atoms with Crippen molar-refractivity contribution in [1.82, 2.24) is 10.6 Å². The number of sulfone groups is 1. The number of non-ortho nitro benzene ring substituents is 1. The Balaban J connectivity index is 1.67. The van der Waals surface area contributed by atoms with Crippen LogP contribution in [0.3, 0.4) is 0 Å². The van der Waals surface area contributed by atoms with Gasteiger partial charge >= 0.3 is 0 Å². The second kappa shape index (κ2) is 7.26. The minimum atomic E-state index is -3.28. The van der Waals surface area contributed by atoms with Crippen LogP contribution in [0.4, 0.5) is 5.69 Å². The maximum absolute atomic E-state index is 12.3. The number of amides is 1. The Hall–Kier alpha value is -2.72. The summed E-state index contributed by atoms with van der Waals surface area (Å²) in [6.45, 7) is 0.344. The summed E-state index contributed by atoms with van der Waals surface area (Å²) < 4.78 is 29.1. The quantitative estimate of drug-likeness (QED) is 0.562. The van der Waals surface area contributed by atoms with Gasteiger partial charge in [-0.2, -0.15) is 0 Å². The van der Waals surface area contributed by atoms with Crippen LogP contribution >= 0.6 is 0 Å². The van der Waals surface area contributed by atoms with Crippen molar-refractivity contribution in [2.75, 3.05) is 11.5 Å². The summed E-state index contributed by atoms with van der Waals surface area (Å²) in [7, 11) is -3.28. The first kappa shape index (κ1) is 18.1. The normalized spacial score (nSPS) is 21.4. The number of hydrogen-bond donors (Lipinski definition) is 2. The zero-order chi connectivity index (χ0) is 18.7. The number of nitrogens with zero attached hydrogens (tertiary/aromatic N) is 1. The second-order valence-corrected chi connectivity index (χ2v) is 8.18. The lowest BCUT2D eigenvalue weighted by molar-refractivity contribution is -0.384. The maximum Gasteiger partial charge on any atom is 0.269 e.